The fourth-order valence-electron chi connectivity index (χ4n) is 1.59. The number of carboxylic acids is 1. The minimum Gasteiger partial charge on any atom is -0.478 e. The average Bonchev–Trinajstić information content (AvgIpc) is 2.32. The van der Waals surface area contributed by atoms with Gasteiger partial charge in [-0.2, -0.15) is 0 Å². The van der Waals surface area contributed by atoms with Gasteiger partial charge in [0.25, 0.3) is 0 Å². The van der Waals surface area contributed by atoms with Crippen LogP contribution in [0.25, 0.3) is 0 Å². The number of hydrogen-bond donors (Lipinski definition) is 2. The second-order valence-corrected chi connectivity index (χ2v) is 4.29. The van der Waals surface area contributed by atoms with E-state index in [1.54, 1.807) is 6.92 Å². The predicted octanol–water partition coefficient (Wildman–Crippen LogP) is 3.62. The number of anilines is 2. The van der Waals surface area contributed by atoms with Crippen LogP contribution in [0.1, 0.15) is 16.1 Å². The van der Waals surface area contributed by atoms with E-state index < -0.39 is 11.8 Å². The Kier molecular flexibility index (Phi) is 3.66. The number of nitrogens with zero attached hydrogens (tertiary/aromatic N) is 1. The SMILES string of the molecule is Cc1nc(Nc2ccc(F)cc2Cl)ccc1C(=O)O. The normalized spacial score (nSPS) is 10.3. The van der Waals surface area contributed by atoms with Crippen LogP contribution in [0.15, 0.2) is 30.3 Å². The van der Waals surface area contributed by atoms with Crippen LogP contribution in [-0.2, 0) is 0 Å². The van der Waals surface area contributed by atoms with E-state index in [-0.39, 0.29) is 10.6 Å². The van der Waals surface area contributed by atoms with Crippen LogP contribution in [0.5, 0.6) is 0 Å². The first-order chi connectivity index (χ1) is 8.97. The van der Waals surface area contributed by atoms with Crippen molar-refractivity contribution in [2.75, 3.05) is 5.32 Å². The quantitative estimate of drug-likeness (QED) is 0.901. The lowest BCUT2D eigenvalue weighted by atomic mass is 10.2. The first kappa shape index (κ1) is 13.3. The van der Waals surface area contributed by atoms with Gasteiger partial charge in [0.2, 0.25) is 0 Å². The van der Waals surface area contributed by atoms with E-state index in [4.69, 9.17) is 16.7 Å². The number of halogens is 2. The summed E-state index contributed by atoms with van der Waals surface area (Å²) in [5, 5.41) is 12.0. The summed E-state index contributed by atoms with van der Waals surface area (Å²) in [5.74, 6) is -1.02. The highest BCUT2D eigenvalue weighted by Gasteiger charge is 2.09. The molecule has 19 heavy (non-hydrogen) atoms. The van der Waals surface area contributed by atoms with Crippen molar-refractivity contribution in [2.24, 2.45) is 0 Å². The molecule has 2 N–H and O–H groups in total. The highest BCUT2D eigenvalue weighted by atomic mass is 35.5. The van der Waals surface area contributed by atoms with Crippen molar-refractivity contribution >= 4 is 29.1 Å². The van der Waals surface area contributed by atoms with E-state index >= 15 is 0 Å². The van der Waals surface area contributed by atoms with E-state index in [1.165, 1.54) is 30.3 Å². The molecule has 2 rings (SSSR count). The molecule has 1 aromatic carbocycles. The highest BCUT2D eigenvalue weighted by molar-refractivity contribution is 6.33. The summed E-state index contributed by atoms with van der Waals surface area (Å²) in [5.41, 5.74) is 1.02. The van der Waals surface area contributed by atoms with Gasteiger partial charge in [-0.15, -0.1) is 0 Å². The summed E-state index contributed by atoms with van der Waals surface area (Å²) in [6, 6.07) is 6.91. The zero-order valence-electron chi connectivity index (χ0n) is 9.95. The van der Waals surface area contributed by atoms with Gasteiger partial charge in [0.05, 0.1) is 22.0 Å². The molecule has 2 aromatic rings. The Morgan fingerprint density at radius 2 is 2.11 bits per heavy atom. The number of benzene rings is 1. The Balaban J connectivity index is 2.29. The van der Waals surface area contributed by atoms with E-state index in [0.717, 1.165) is 0 Å². The molecule has 0 spiro atoms. The molecule has 0 bridgehead atoms. The van der Waals surface area contributed by atoms with Crippen molar-refractivity contribution in [3.8, 4) is 0 Å². The third-order valence-electron chi connectivity index (χ3n) is 2.51. The molecule has 1 heterocycles. The van der Waals surface area contributed by atoms with Gasteiger partial charge in [-0.1, -0.05) is 11.6 Å². The van der Waals surface area contributed by atoms with Crippen LogP contribution in [0, 0.1) is 12.7 Å². The van der Waals surface area contributed by atoms with Crippen LogP contribution in [0.2, 0.25) is 5.02 Å². The summed E-state index contributed by atoms with van der Waals surface area (Å²) in [7, 11) is 0. The Labute approximate surface area is 113 Å². The lowest BCUT2D eigenvalue weighted by Crippen LogP contribution is -2.03. The molecule has 6 heteroatoms. The van der Waals surface area contributed by atoms with Crippen LogP contribution < -0.4 is 5.32 Å². The topological polar surface area (TPSA) is 62.2 Å². The smallest absolute Gasteiger partial charge is 0.337 e. The van der Waals surface area contributed by atoms with Gasteiger partial charge in [0.1, 0.15) is 11.6 Å². The van der Waals surface area contributed by atoms with Crippen molar-refractivity contribution in [3.63, 3.8) is 0 Å². The molecule has 0 saturated carbocycles. The number of nitrogens with one attached hydrogen (secondary N) is 1. The Morgan fingerprint density at radius 3 is 2.68 bits per heavy atom. The maximum atomic E-state index is 12.9. The van der Waals surface area contributed by atoms with Gasteiger partial charge >= 0.3 is 5.97 Å². The second-order valence-electron chi connectivity index (χ2n) is 3.88. The van der Waals surface area contributed by atoms with E-state index in [0.29, 0.717) is 17.2 Å². The van der Waals surface area contributed by atoms with E-state index in [2.05, 4.69) is 10.3 Å². The summed E-state index contributed by atoms with van der Waals surface area (Å²) in [6.07, 6.45) is 0. The second kappa shape index (κ2) is 5.24. The minimum absolute atomic E-state index is 0.135. The lowest BCUT2D eigenvalue weighted by Gasteiger charge is -2.09. The number of pyridine rings is 1. The maximum absolute atomic E-state index is 12.9. The number of hydrogen-bond acceptors (Lipinski definition) is 3. The summed E-state index contributed by atoms with van der Waals surface area (Å²) in [6.45, 7) is 1.60. The van der Waals surface area contributed by atoms with Crippen molar-refractivity contribution in [3.05, 3.63) is 52.4 Å². The highest BCUT2D eigenvalue weighted by Crippen LogP contribution is 2.25. The first-order valence-electron chi connectivity index (χ1n) is 5.40. The molecule has 0 saturated heterocycles. The largest absolute Gasteiger partial charge is 0.478 e. The van der Waals surface area contributed by atoms with Gasteiger partial charge in [-0.05, 0) is 37.3 Å². The van der Waals surface area contributed by atoms with E-state index in [9.17, 15) is 9.18 Å². The molecule has 98 valence electrons. The fourth-order valence-corrected chi connectivity index (χ4v) is 1.80. The molecule has 0 fully saturated rings. The summed E-state index contributed by atoms with van der Waals surface area (Å²) >= 11 is 5.88. The number of aromatic carboxylic acids is 1. The molecular weight excluding hydrogens is 271 g/mol. The molecule has 0 radical (unpaired) electrons. The van der Waals surface area contributed by atoms with Gasteiger partial charge in [-0.3, -0.25) is 0 Å². The van der Waals surface area contributed by atoms with Gasteiger partial charge < -0.3 is 10.4 Å². The van der Waals surface area contributed by atoms with Crippen molar-refractivity contribution in [1.29, 1.82) is 0 Å². The van der Waals surface area contributed by atoms with Crippen LogP contribution in [-0.4, -0.2) is 16.1 Å². The van der Waals surface area contributed by atoms with Crippen molar-refractivity contribution in [1.82, 2.24) is 4.98 Å². The predicted molar refractivity (Wildman–Crippen MR) is 70.6 cm³/mol. The van der Waals surface area contributed by atoms with Gasteiger partial charge in [-0.25, -0.2) is 14.2 Å². The Hall–Kier alpha value is -2.14. The van der Waals surface area contributed by atoms with E-state index in [1.807, 2.05) is 0 Å². The maximum Gasteiger partial charge on any atom is 0.337 e. The number of carbonyl (C=O) groups is 1. The summed E-state index contributed by atoms with van der Waals surface area (Å²) < 4.78 is 12.9. The third-order valence-corrected chi connectivity index (χ3v) is 2.82. The molecule has 0 aliphatic rings. The molecule has 4 nitrogen and oxygen atoms in total. The zero-order valence-corrected chi connectivity index (χ0v) is 10.7. The monoisotopic (exact) mass is 280 g/mol. The molecule has 0 aliphatic heterocycles. The Morgan fingerprint density at radius 1 is 1.37 bits per heavy atom. The fraction of sp³-hybridized carbons (Fsp3) is 0.0769. The number of rotatable bonds is 3. The molecule has 1 aromatic heterocycles. The van der Waals surface area contributed by atoms with Crippen LogP contribution >= 0.6 is 11.6 Å². The summed E-state index contributed by atoms with van der Waals surface area (Å²) in [4.78, 5) is 15.0. The standard InChI is InChI=1S/C13H10ClFN2O2/c1-7-9(13(18)19)3-5-12(16-7)17-11-4-2-8(15)6-10(11)14/h2-6H,1H3,(H,16,17)(H,18,19). The number of aromatic nitrogens is 1. The Bertz CT molecular complexity index is 647. The molecule has 0 atom stereocenters. The van der Waals surface area contributed by atoms with Crippen LogP contribution in [0.4, 0.5) is 15.9 Å². The number of carboxylic acid groups (broad SMARTS) is 1. The third kappa shape index (κ3) is 3.00. The average molecular weight is 281 g/mol. The zero-order chi connectivity index (χ0) is 14.0. The minimum atomic E-state index is -1.03. The van der Waals surface area contributed by atoms with Crippen molar-refractivity contribution in [2.45, 2.75) is 6.92 Å². The van der Waals surface area contributed by atoms with Crippen molar-refractivity contribution < 1.29 is 14.3 Å². The molecule has 0 aliphatic carbocycles. The van der Waals surface area contributed by atoms with Gasteiger partial charge in [0.15, 0.2) is 0 Å². The first-order valence-corrected chi connectivity index (χ1v) is 5.78. The molecule has 0 unspecified atom stereocenters. The van der Waals surface area contributed by atoms with Gasteiger partial charge in [0, 0.05) is 0 Å². The lowest BCUT2D eigenvalue weighted by molar-refractivity contribution is 0.0695. The molecule has 0 amide bonds. The van der Waals surface area contributed by atoms with Crippen LogP contribution in [0.3, 0.4) is 0 Å². The molecular formula is C13H10ClFN2O2. The number of aryl methyl sites for hydroxylation is 1.